The summed E-state index contributed by atoms with van der Waals surface area (Å²) in [5.74, 6) is -0.000769. The van der Waals surface area contributed by atoms with Gasteiger partial charge < -0.3 is 42.7 Å². The summed E-state index contributed by atoms with van der Waals surface area (Å²) in [6.45, 7) is 1.07. The molecule has 0 amide bonds. The molecule has 0 N–H and O–H groups in total. The van der Waals surface area contributed by atoms with Crippen LogP contribution in [0.15, 0.2) is 71.7 Å². The average molecular weight is 773 g/mol. The molecule has 5 unspecified atom stereocenters. The Hall–Kier alpha value is -3.15. The number of nitro benzene ring substituents is 1. The number of aromatic nitrogens is 2. The van der Waals surface area contributed by atoms with Gasteiger partial charge in [-0.3, -0.25) is 28.1 Å². The molecule has 2 aliphatic heterocycles. The molecule has 0 saturated carbocycles. The van der Waals surface area contributed by atoms with Crippen molar-refractivity contribution in [2.75, 3.05) is 12.8 Å². The summed E-state index contributed by atoms with van der Waals surface area (Å²) < 4.78 is 74.2. The van der Waals surface area contributed by atoms with Gasteiger partial charge in [-0.1, -0.05) is 56.5 Å². The number of ether oxygens (including phenoxy) is 4. The van der Waals surface area contributed by atoms with Gasteiger partial charge in [0.1, 0.15) is 32.5 Å². The summed E-state index contributed by atoms with van der Waals surface area (Å²) in [7, 11) is -16.8. The number of benzene rings is 2. The molecule has 0 radical (unpaired) electrons. The van der Waals surface area contributed by atoms with Crippen molar-refractivity contribution in [1.82, 2.24) is 9.55 Å². The number of unbranched alkanes of at least 4 members (excludes halogenated alkanes) is 3. The monoisotopic (exact) mass is 772 g/mol. The minimum Gasteiger partial charge on any atom is -0.778 e. The molecule has 2 fully saturated rings. The van der Waals surface area contributed by atoms with E-state index in [1.165, 1.54) is 36.5 Å². The number of hydrogen-bond donors (Lipinski definition) is 0. The third kappa shape index (κ3) is 10.7. The quantitative estimate of drug-likeness (QED) is 0.0777. The zero-order valence-corrected chi connectivity index (χ0v) is 29.6. The van der Waals surface area contributed by atoms with Crippen molar-refractivity contribution in [1.29, 1.82) is 0 Å². The van der Waals surface area contributed by atoms with E-state index in [0.717, 1.165) is 16.6 Å². The minimum atomic E-state index is -5.97. The molecule has 8 atom stereocenters. The van der Waals surface area contributed by atoms with Gasteiger partial charge in [-0.05, 0) is 24.1 Å². The second kappa shape index (κ2) is 16.7. The van der Waals surface area contributed by atoms with E-state index in [2.05, 4.69) is 13.6 Å². The molecule has 3 aromatic rings. The lowest BCUT2D eigenvalue weighted by Crippen LogP contribution is -2.34. The molecule has 2 saturated heterocycles. The van der Waals surface area contributed by atoms with Crippen LogP contribution in [0.25, 0.3) is 0 Å². The number of non-ortho nitro benzene ring substituents is 1. The largest absolute Gasteiger partial charge is 0.778 e. The van der Waals surface area contributed by atoms with E-state index in [1.807, 2.05) is 37.3 Å². The van der Waals surface area contributed by atoms with Gasteiger partial charge in [-0.2, -0.15) is 4.98 Å². The van der Waals surface area contributed by atoms with Crippen LogP contribution in [0.3, 0.4) is 0 Å². The highest BCUT2D eigenvalue weighted by molar-refractivity contribution is 7.66. The van der Waals surface area contributed by atoms with Gasteiger partial charge in [0, 0.05) is 36.1 Å². The normalized spacial score (nSPS) is 25.0. The average Bonchev–Trinajstić information content (AvgIpc) is 3.65. The number of rotatable bonds is 18. The highest BCUT2D eigenvalue weighted by Crippen LogP contribution is 2.63. The first-order valence-electron chi connectivity index (χ1n) is 15.6. The van der Waals surface area contributed by atoms with Crippen molar-refractivity contribution >= 4 is 28.9 Å². The van der Waals surface area contributed by atoms with Crippen LogP contribution in [0, 0.1) is 10.1 Å². The summed E-state index contributed by atoms with van der Waals surface area (Å²) in [5.41, 5.74) is 0.119. The number of nitrogens with zero attached hydrogens (tertiary/aromatic N) is 3. The highest BCUT2D eigenvalue weighted by atomic mass is 31.3. The van der Waals surface area contributed by atoms with Crippen molar-refractivity contribution < 1.29 is 65.4 Å². The standard InChI is InChI=1S/C29H36N3O16P3/c1-2-3-4-8-17-49(36,37)47-51(40,41)48-50(38,39)43-19-23-25-26(46-28(45-25)21-11-13-22(14-12-21)32(34)35)27(44-23)31-16-15-24(30-29(31)33)42-18-20-9-6-5-7-10-20/h5-7,9-16,23,25-28H,2-4,8,17-19H2,1H3,(H,36,37)(H,38,39)(H,40,41)/p-3/t23-,25+,26?,27-,28?/m1/s1. The van der Waals surface area contributed by atoms with Crippen LogP contribution in [0.4, 0.5) is 5.69 Å². The van der Waals surface area contributed by atoms with E-state index in [0.29, 0.717) is 18.4 Å². The Morgan fingerprint density at radius 2 is 1.59 bits per heavy atom. The molecule has 0 spiro atoms. The fourth-order valence-corrected chi connectivity index (χ4v) is 9.30. The summed E-state index contributed by atoms with van der Waals surface area (Å²) in [6.07, 6.45) is -3.39. The molecule has 5 rings (SSSR count). The maximum absolute atomic E-state index is 13.1. The van der Waals surface area contributed by atoms with Crippen molar-refractivity contribution in [3.05, 3.63) is 98.6 Å². The highest BCUT2D eigenvalue weighted by Gasteiger charge is 2.54. The predicted octanol–water partition coefficient (Wildman–Crippen LogP) is 3.23. The van der Waals surface area contributed by atoms with Crippen LogP contribution < -0.4 is 25.1 Å². The lowest BCUT2D eigenvalue weighted by Gasteiger charge is -2.35. The fourth-order valence-electron chi connectivity index (χ4n) is 5.26. The third-order valence-corrected chi connectivity index (χ3v) is 12.4. The van der Waals surface area contributed by atoms with Crippen LogP contribution in [0.2, 0.25) is 0 Å². The number of nitro groups is 1. The van der Waals surface area contributed by atoms with Crippen molar-refractivity contribution in [2.45, 2.75) is 70.0 Å². The van der Waals surface area contributed by atoms with Gasteiger partial charge in [0.05, 0.1) is 11.5 Å². The Balaban J connectivity index is 1.30. The van der Waals surface area contributed by atoms with Crippen LogP contribution in [-0.2, 0) is 47.7 Å². The van der Waals surface area contributed by atoms with Gasteiger partial charge >= 0.3 is 5.69 Å². The first-order chi connectivity index (χ1) is 24.2. The Bertz CT molecular complexity index is 1860. The van der Waals surface area contributed by atoms with Crippen LogP contribution in [0.5, 0.6) is 5.88 Å². The molecule has 2 aliphatic rings. The SMILES string of the molecule is CCCCCCP(=O)([O-])OP(=O)([O-])OP(=O)([O-])OC[C@H]1O[C@@H](n2ccc(OCc3ccccc3)nc2=O)C2OC(c3ccc([N+](=O)[O-])cc3)O[C@H]21. The molecule has 2 aromatic carbocycles. The van der Waals surface area contributed by atoms with Crippen molar-refractivity contribution in [3.8, 4) is 5.88 Å². The zero-order chi connectivity index (χ0) is 36.8. The maximum Gasteiger partial charge on any atom is 0.353 e. The number of fused-ring (bicyclic) bond motifs is 1. The molecule has 19 nitrogen and oxygen atoms in total. The second-order valence-corrected chi connectivity index (χ2v) is 16.4. The van der Waals surface area contributed by atoms with Crippen molar-refractivity contribution in [2.24, 2.45) is 0 Å². The molecule has 1 aromatic heterocycles. The topological polar surface area (TPSA) is 263 Å². The lowest BCUT2D eigenvalue weighted by atomic mass is 10.1. The smallest absolute Gasteiger partial charge is 0.353 e. The van der Waals surface area contributed by atoms with Crippen molar-refractivity contribution in [3.63, 3.8) is 0 Å². The Morgan fingerprint density at radius 1 is 0.882 bits per heavy atom. The minimum absolute atomic E-state index is 0.000769. The number of phosphoric acid groups is 2. The number of hydrogen-bond acceptors (Lipinski definition) is 17. The first-order valence-corrected chi connectivity index (χ1v) is 20.3. The van der Waals surface area contributed by atoms with E-state index in [-0.39, 0.29) is 24.6 Å². The molecule has 0 bridgehead atoms. The third-order valence-electron chi connectivity index (χ3n) is 7.64. The Kier molecular flexibility index (Phi) is 12.8. The second-order valence-electron chi connectivity index (χ2n) is 11.4. The molecule has 51 heavy (non-hydrogen) atoms. The van der Waals surface area contributed by atoms with Gasteiger partial charge in [0.15, 0.2) is 12.5 Å². The molecule has 3 heterocycles. The van der Waals surface area contributed by atoms with Gasteiger partial charge in [-0.15, -0.1) is 0 Å². The van der Waals surface area contributed by atoms with Gasteiger partial charge in [0.25, 0.3) is 21.3 Å². The van der Waals surface area contributed by atoms with Crippen LogP contribution >= 0.6 is 23.2 Å². The van der Waals surface area contributed by atoms with E-state index in [4.69, 9.17) is 23.5 Å². The van der Waals surface area contributed by atoms with E-state index >= 15 is 0 Å². The van der Waals surface area contributed by atoms with Crippen LogP contribution in [0.1, 0.15) is 56.3 Å². The summed E-state index contributed by atoms with van der Waals surface area (Å²) in [6, 6.07) is 15.7. The first kappa shape index (κ1) is 39.1. The Morgan fingerprint density at radius 3 is 2.25 bits per heavy atom. The summed E-state index contributed by atoms with van der Waals surface area (Å²) in [5, 5.41) is 11.1. The molecule has 278 valence electrons. The fraction of sp³-hybridized carbons (Fsp3) is 0.448. The maximum atomic E-state index is 13.1. The predicted molar refractivity (Wildman–Crippen MR) is 169 cm³/mol. The van der Waals surface area contributed by atoms with Gasteiger partial charge in [-0.25, -0.2) is 9.11 Å². The lowest BCUT2D eigenvalue weighted by molar-refractivity contribution is -0.384. The van der Waals surface area contributed by atoms with E-state index < -0.39 is 77.5 Å². The van der Waals surface area contributed by atoms with E-state index in [9.17, 15) is 43.3 Å². The number of phosphoric ester groups is 1. The molecule has 22 heteroatoms. The Labute approximate surface area is 290 Å². The molecular formula is C29H33N3O16P3-3. The summed E-state index contributed by atoms with van der Waals surface area (Å²) in [4.78, 5) is 64.4. The van der Waals surface area contributed by atoms with Crippen LogP contribution in [-0.4, -0.2) is 45.6 Å². The zero-order valence-electron chi connectivity index (χ0n) is 26.9. The summed E-state index contributed by atoms with van der Waals surface area (Å²) >= 11 is 0. The molecule has 0 aliphatic carbocycles. The molecular weight excluding hydrogens is 739 g/mol. The van der Waals surface area contributed by atoms with Gasteiger partial charge in [0.2, 0.25) is 5.88 Å². The van der Waals surface area contributed by atoms with E-state index in [1.54, 1.807) is 0 Å².